The number of nitrogens with one attached hydrogen (secondary N) is 1. The number of aryl methyl sites for hydroxylation is 1. The Morgan fingerprint density at radius 2 is 1.87 bits per heavy atom. The summed E-state index contributed by atoms with van der Waals surface area (Å²) in [4.78, 5) is 11.3. The molecule has 1 N–H and O–H groups in total. The number of thiocarbonyl (C=S) groups is 1. The largest absolute Gasteiger partial charge is 0.351 e. The second kappa shape index (κ2) is 8.07. The van der Waals surface area contributed by atoms with Crippen molar-refractivity contribution in [3.05, 3.63) is 94.0 Å². The average Bonchev–Trinajstić information content (AvgIpc) is 3.47. The summed E-state index contributed by atoms with van der Waals surface area (Å²) in [6.45, 7) is 4.25. The lowest BCUT2D eigenvalue weighted by Crippen LogP contribution is -2.29. The van der Waals surface area contributed by atoms with Crippen LogP contribution >= 0.6 is 35.2 Å². The van der Waals surface area contributed by atoms with E-state index in [4.69, 9.17) is 23.8 Å². The molecule has 5 nitrogen and oxygen atoms in total. The lowest BCUT2D eigenvalue weighted by Gasteiger charge is -2.28. The van der Waals surface area contributed by atoms with Crippen molar-refractivity contribution in [3.63, 3.8) is 0 Å². The fourth-order valence-corrected chi connectivity index (χ4v) is 5.48. The van der Waals surface area contributed by atoms with Crippen LogP contribution in [0.25, 0.3) is 5.13 Å². The lowest BCUT2D eigenvalue weighted by molar-refractivity contribution is 0.565. The monoisotopic (exact) mass is 465 g/mol. The quantitative estimate of drug-likeness (QED) is 0.387. The number of halogens is 1. The van der Waals surface area contributed by atoms with Gasteiger partial charge in [0, 0.05) is 39.9 Å². The van der Waals surface area contributed by atoms with E-state index in [9.17, 15) is 0 Å². The van der Waals surface area contributed by atoms with Crippen molar-refractivity contribution in [3.8, 4) is 5.13 Å². The number of thiazole rings is 1. The van der Waals surface area contributed by atoms with Gasteiger partial charge in [0.05, 0.1) is 17.8 Å². The second-order valence-electron chi connectivity index (χ2n) is 7.45. The third-order valence-corrected chi connectivity index (χ3v) is 6.93. The van der Waals surface area contributed by atoms with Crippen LogP contribution in [0.15, 0.2) is 66.3 Å². The standard InChI is InChI=1S/C23H20ClN5S2/c1-14-13-18(15(2)28(14)23-26-11-12-31-23)21-20(19-5-3-4-10-25-19)27-22(30)29(21)17-8-6-16(24)7-9-17/h3-13,20-21H,1-2H3,(H,27,30)/t20-,21-/m0/s1. The SMILES string of the molecule is Cc1cc([C@H]2[C@H](c3ccccn3)NC(=S)N2c2ccc(Cl)cc2)c(C)n1-c1nccs1. The van der Waals surface area contributed by atoms with Crippen LogP contribution in [0.4, 0.5) is 5.69 Å². The molecule has 8 heteroatoms. The Kier molecular flexibility index (Phi) is 5.25. The van der Waals surface area contributed by atoms with Crippen LogP contribution in [0, 0.1) is 13.8 Å². The molecule has 2 atom stereocenters. The van der Waals surface area contributed by atoms with Crippen LogP contribution < -0.4 is 10.2 Å². The minimum Gasteiger partial charge on any atom is -0.351 e. The van der Waals surface area contributed by atoms with Gasteiger partial charge in [0.1, 0.15) is 0 Å². The molecule has 1 saturated heterocycles. The van der Waals surface area contributed by atoms with E-state index in [1.54, 1.807) is 11.3 Å². The second-order valence-corrected chi connectivity index (χ2v) is 9.15. The molecule has 5 rings (SSSR count). The van der Waals surface area contributed by atoms with E-state index in [0.29, 0.717) is 10.1 Å². The molecule has 1 aliphatic rings. The third-order valence-electron chi connectivity index (χ3n) is 5.60. The highest BCUT2D eigenvalue weighted by Crippen LogP contribution is 2.43. The molecular weight excluding hydrogens is 446 g/mol. The molecule has 0 unspecified atom stereocenters. The van der Waals surface area contributed by atoms with Crippen molar-refractivity contribution in [1.82, 2.24) is 19.9 Å². The molecule has 0 amide bonds. The van der Waals surface area contributed by atoms with Crippen LogP contribution in [0.2, 0.25) is 5.02 Å². The molecule has 4 aromatic rings. The summed E-state index contributed by atoms with van der Waals surface area (Å²) < 4.78 is 2.21. The molecule has 3 aromatic heterocycles. The molecule has 0 spiro atoms. The zero-order valence-electron chi connectivity index (χ0n) is 17.0. The van der Waals surface area contributed by atoms with Gasteiger partial charge in [-0.15, -0.1) is 11.3 Å². The maximum Gasteiger partial charge on any atom is 0.193 e. The van der Waals surface area contributed by atoms with Gasteiger partial charge in [0.15, 0.2) is 10.2 Å². The number of hydrogen-bond acceptors (Lipinski definition) is 4. The van der Waals surface area contributed by atoms with Gasteiger partial charge < -0.3 is 10.2 Å². The van der Waals surface area contributed by atoms with E-state index in [0.717, 1.165) is 27.9 Å². The third kappa shape index (κ3) is 3.52. The summed E-state index contributed by atoms with van der Waals surface area (Å²) in [5.41, 5.74) is 5.40. The average molecular weight is 466 g/mol. The van der Waals surface area contributed by atoms with Gasteiger partial charge in [-0.05, 0) is 74.1 Å². The molecule has 4 heterocycles. The van der Waals surface area contributed by atoms with E-state index >= 15 is 0 Å². The normalized spacial score (nSPS) is 18.4. The van der Waals surface area contributed by atoms with Crippen molar-refractivity contribution in [1.29, 1.82) is 0 Å². The van der Waals surface area contributed by atoms with Crippen LogP contribution in [0.5, 0.6) is 0 Å². The summed E-state index contributed by atoms with van der Waals surface area (Å²) in [6.07, 6.45) is 3.66. The van der Waals surface area contributed by atoms with Gasteiger partial charge in [0.2, 0.25) is 0 Å². The van der Waals surface area contributed by atoms with Crippen LogP contribution in [-0.4, -0.2) is 19.6 Å². The number of nitrogens with zero attached hydrogens (tertiary/aromatic N) is 4. The first-order valence-electron chi connectivity index (χ1n) is 9.89. The van der Waals surface area contributed by atoms with Gasteiger partial charge in [-0.25, -0.2) is 4.98 Å². The first kappa shape index (κ1) is 20.2. The van der Waals surface area contributed by atoms with Crippen LogP contribution in [0.1, 0.15) is 34.7 Å². The van der Waals surface area contributed by atoms with Gasteiger partial charge in [0.25, 0.3) is 0 Å². The van der Waals surface area contributed by atoms with E-state index in [1.165, 1.54) is 5.56 Å². The number of benzene rings is 1. The maximum atomic E-state index is 6.15. The molecule has 156 valence electrons. The molecule has 1 aliphatic heterocycles. The minimum atomic E-state index is -0.0883. The Hall–Kier alpha value is -2.74. The molecule has 0 aliphatic carbocycles. The van der Waals surface area contributed by atoms with Crippen LogP contribution in [-0.2, 0) is 0 Å². The van der Waals surface area contributed by atoms with Crippen molar-refractivity contribution < 1.29 is 0 Å². The Labute approximate surface area is 195 Å². The molecule has 0 bridgehead atoms. The fourth-order valence-electron chi connectivity index (χ4n) is 4.26. The van der Waals surface area contributed by atoms with E-state index in [-0.39, 0.29) is 12.1 Å². The molecule has 1 fully saturated rings. The van der Waals surface area contributed by atoms with E-state index in [1.807, 2.05) is 60.2 Å². The highest BCUT2D eigenvalue weighted by molar-refractivity contribution is 7.80. The number of pyridine rings is 1. The molecule has 0 saturated carbocycles. The molecule has 1 aromatic carbocycles. The van der Waals surface area contributed by atoms with Gasteiger partial charge in [-0.1, -0.05) is 17.7 Å². The van der Waals surface area contributed by atoms with Gasteiger partial charge in [-0.2, -0.15) is 0 Å². The number of hydrogen-bond donors (Lipinski definition) is 1. The smallest absolute Gasteiger partial charge is 0.193 e. The highest BCUT2D eigenvalue weighted by atomic mass is 35.5. The highest BCUT2D eigenvalue weighted by Gasteiger charge is 2.42. The fraction of sp³-hybridized carbons (Fsp3) is 0.174. The van der Waals surface area contributed by atoms with Crippen molar-refractivity contribution >= 4 is 46.0 Å². The van der Waals surface area contributed by atoms with Crippen molar-refractivity contribution in [2.45, 2.75) is 25.9 Å². The summed E-state index contributed by atoms with van der Waals surface area (Å²) in [6, 6.07) is 15.8. The summed E-state index contributed by atoms with van der Waals surface area (Å²) >= 11 is 13.6. The lowest BCUT2D eigenvalue weighted by atomic mass is 9.96. The van der Waals surface area contributed by atoms with Crippen molar-refractivity contribution in [2.24, 2.45) is 0 Å². The number of aromatic nitrogens is 3. The Bertz CT molecular complexity index is 1220. The Balaban J connectivity index is 1.68. The zero-order valence-corrected chi connectivity index (χ0v) is 19.4. The zero-order chi connectivity index (χ0) is 21.5. The molecule has 0 radical (unpaired) electrons. The Morgan fingerprint density at radius 1 is 1.06 bits per heavy atom. The predicted octanol–water partition coefficient (Wildman–Crippen LogP) is 5.78. The summed E-state index contributed by atoms with van der Waals surface area (Å²) in [5.74, 6) is 0. The van der Waals surface area contributed by atoms with Crippen molar-refractivity contribution in [2.75, 3.05) is 4.90 Å². The predicted molar refractivity (Wildman–Crippen MR) is 130 cm³/mol. The first-order chi connectivity index (χ1) is 15.0. The first-order valence-corrected chi connectivity index (χ1v) is 11.6. The van der Waals surface area contributed by atoms with Gasteiger partial charge >= 0.3 is 0 Å². The number of anilines is 1. The number of rotatable bonds is 4. The summed E-state index contributed by atoms with van der Waals surface area (Å²) in [7, 11) is 0. The minimum absolute atomic E-state index is 0.0662. The summed E-state index contributed by atoms with van der Waals surface area (Å²) in [5, 5.41) is 7.83. The van der Waals surface area contributed by atoms with E-state index in [2.05, 4.69) is 44.7 Å². The van der Waals surface area contributed by atoms with Gasteiger partial charge in [-0.3, -0.25) is 9.55 Å². The maximum absolute atomic E-state index is 6.15. The van der Waals surface area contributed by atoms with Crippen LogP contribution in [0.3, 0.4) is 0 Å². The molecular formula is C23H20ClN5S2. The topological polar surface area (TPSA) is 46.0 Å². The Morgan fingerprint density at radius 3 is 2.55 bits per heavy atom. The molecule has 31 heavy (non-hydrogen) atoms. The van der Waals surface area contributed by atoms with E-state index < -0.39 is 0 Å².